The summed E-state index contributed by atoms with van der Waals surface area (Å²) < 4.78 is 24.1. The minimum absolute atomic E-state index is 0.0351. The van der Waals surface area contributed by atoms with Crippen molar-refractivity contribution in [1.29, 1.82) is 21.6 Å². The third-order valence-electron chi connectivity index (χ3n) is 26.4. The molecule has 0 aromatic rings. The highest BCUT2D eigenvalue weighted by Gasteiger charge is 2.36. The van der Waals surface area contributed by atoms with Crippen molar-refractivity contribution in [1.82, 2.24) is 16.0 Å². The van der Waals surface area contributed by atoms with Crippen LogP contribution < -0.4 is 61.8 Å². The first kappa shape index (κ1) is 108. The molecule has 672 valence electrons. The molecule has 0 unspecified atom stereocenters. The minimum Gasteiger partial charge on any atom is -0.388 e. The number of carbonyl (C=O) groups excluding carboxylic acids is 3. The Hall–Kier alpha value is -5.06. The van der Waals surface area contributed by atoms with Crippen molar-refractivity contribution < 1.29 is 22.8 Å². The fourth-order valence-electron chi connectivity index (χ4n) is 18.2. The van der Waals surface area contributed by atoms with Crippen molar-refractivity contribution >= 4 is 62.7 Å². The molecular formula is C92H183N17O5S. The first-order valence-electron chi connectivity index (χ1n) is 45.7. The summed E-state index contributed by atoms with van der Waals surface area (Å²) in [5.41, 5.74) is 44.7. The molecule has 0 aliphatic heterocycles. The number of hydrogen-bond donors (Lipinski definition) is 15. The van der Waals surface area contributed by atoms with Gasteiger partial charge in [-0.1, -0.05) is 157 Å². The lowest BCUT2D eigenvalue weighted by atomic mass is 9.69. The number of nitrogens with zero attached hydrogens (tertiary/aromatic N) is 2. The molecule has 0 heterocycles. The molecule has 0 aromatic carbocycles. The van der Waals surface area contributed by atoms with Crippen molar-refractivity contribution in [2.75, 3.05) is 50.8 Å². The van der Waals surface area contributed by atoms with Crippen molar-refractivity contribution in [3.8, 4) is 0 Å². The van der Waals surface area contributed by atoms with Crippen LogP contribution >= 0.6 is 0 Å². The molecule has 6 rings (SSSR count). The maximum Gasteiger partial charge on any atom is 0.223 e. The number of ketones is 1. The van der Waals surface area contributed by atoms with Gasteiger partial charge in [0, 0.05) is 70.5 Å². The van der Waals surface area contributed by atoms with E-state index in [4.69, 9.17) is 67.5 Å². The molecule has 0 saturated heterocycles. The minimum atomic E-state index is -2.98. The zero-order valence-electron chi connectivity index (χ0n) is 77.1. The van der Waals surface area contributed by atoms with Gasteiger partial charge < -0.3 is 61.8 Å². The smallest absolute Gasteiger partial charge is 0.223 e. The lowest BCUT2D eigenvalue weighted by molar-refractivity contribution is -0.126. The van der Waals surface area contributed by atoms with Crippen LogP contribution in [0, 0.1) is 125 Å². The monoisotopic (exact) mass is 1640 g/mol. The number of unbranched alkanes of at least 4 members (excludes halogenated alkanes) is 2. The predicted molar refractivity (Wildman–Crippen MR) is 490 cm³/mol. The number of sulfone groups is 1. The van der Waals surface area contributed by atoms with Crippen molar-refractivity contribution in [2.45, 2.75) is 375 Å². The molecule has 0 aromatic heterocycles. The molecule has 0 radical (unpaired) electrons. The quantitative estimate of drug-likeness (QED) is 0.0162. The fourth-order valence-corrected chi connectivity index (χ4v) is 20.0. The molecule has 6 aliphatic rings. The Morgan fingerprint density at radius 1 is 0.348 bits per heavy atom. The first-order chi connectivity index (χ1) is 53.3. The van der Waals surface area contributed by atoms with E-state index in [1.165, 1.54) is 122 Å². The van der Waals surface area contributed by atoms with Crippen LogP contribution in [0.1, 0.15) is 375 Å². The summed E-state index contributed by atoms with van der Waals surface area (Å²) >= 11 is 0. The van der Waals surface area contributed by atoms with E-state index in [0.29, 0.717) is 119 Å². The Morgan fingerprint density at radius 3 is 1.10 bits per heavy atom. The predicted octanol–water partition coefficient (Wildman–Crippen LogP) is 18.0. The number of nitrogens with one attached hydrogen (secondary N) is 7. The zero-order chi connectivity index (χ0) is 87.4. The van der Waals surface area contributed by atoms with Gasteiger partial charge in [0.25, 0.3) is 0 Å². The van der Waals surface area contributed by atoms with Crippen molar-refractivity contribution in [2.24, 2.45) is 159 Å². The second-order valence-electron chi connectivity index (χ2n) is 42.5. The summed E-state index contributed by atoms with van der Waals surface area (Å²) in [5.74, 6) is 10.7. The van der Waals surface area contributed by atoms with Crippen LogP contribution in [-0.4, -0.2) is 112 Å². The number of hydrogen-bond acceptors (Lipinski definition) is 12. The van der Waals surface area contributed by atoms with Crippen LogP contribution in [0.4, 0.5) is 0 Å². The normalized spacial score (nSPS) is 24.2. The molecule has 0 spiro atoms. The summed E-state index contributed by atoms with van der Waals surface area (Å²) in [7, 11) is -2.98. The van der Waals surface area contributed by atoms with Gasteiger partial charge >= 0.3 is 0 Å². The maximum absolute atomic E-state index is 12.0. The summed E-state index contributed by atoms with van der Waals surface area (Å²) in [6.45, 7) is 46.6. The van der Waals surface area contributed by atoms with Crippen LogP contribution in [0.5, 0.6) is 0 Å². The molecule has 6 fully saturated rings. The van der Waals surface area contributed by atoms with Gasteiger partial charge in [0.05, 0.1) is 41.4 Å². The number of nitrogens with two attached hydrogens (primary N) is 8. The highest BCUT2D eigenvalue weighted by molar-refractivity contribution is 7.91. The highest BCUT2D eigenvalue weighted by Crippen LogP contribution is 2.46. The third-order valence-corrected chi connectivity index (χ3v) is 28.3. The van der Waals surface area contributed by atoms with E-state index in [9.17, 15) is 22.8 Å². The summed E-state index contributed by atoms with van der Waals surface area (Å²) in [4.78, 5) is 43.3. The number of rotatable bonds is 34. The van der Waals surface area contributed by atoms with E-state index in [0.717, 1.165) is 163 Å². The molecule has 2 amide bonds. The van der Waals surface area contributed by atoms with Crippen LogP contribution in [0.2, 0.25) is 0 Å². The Balaban J connectivity index is 0.000000690. The second-order valence-corrected chi connectivity index (χ2v) is 44.7. The molecule has 22 nitrogen and oxygen atoms in total. The number of carbonyl (C=O) groups is 3. The molecule has 6 saturated carbocycles. The van der Waals surface area contributed by atoms with Gasteiger partial charge in [-0.15, -0.1) is 0 Å². The van der Waals surface area contributed by atoms with Crippen LogP contribution in [-0.2, 0) is 24.2 Å². The molecule has 23 N–H and O–H groups in total. The maximum atomic E-state index is 12.0. The lowest BCUT2D eigenvalue weighted by Gasteiger charge is -2.37. The van der Waals surface area contributed by atoms with Gasteiger partial charge in [-0.3, -0.25) is 46.0 Å². The first-order valence-corrected chi connectivity index (χ1v) is 47.5. The molecule has 6 aliphatic carbocycles. The molecular weight excluding hydrogens is 1460 g/mol. The number of amidine groups is 4. The molecule has 23 heteroatoms. The van der Waals surface area contributed by atoms with E-state index in [2.05, 4.69) is 151 Å². The van der Waals surface area contributed by atoms with Gasteiger partial charge in [0.1, 0.15) is 5.78 Å². The Bertz CT molecular complexity index is 2890. The highest BCUT2D eigenvalue weighted by atomic mass is 32.2. The topological polar surface area (TPSA) is 450 Å². The fraction of sp³-hybridized carbons (Fsp3) is 0.902. The second kappa shape index (κ2) is 55.0. The third kappa shape index (κ3) is 54.0. The standard InChI is InChI=1S/C16H30N2O.C16H32N2.C15H30N4O.C15H32N4.C15H29N3O.C15H30N2O2S/c1-16(2,3)13-9-7-12(8-10-13)11-14(19)5-4-6-15(17)18;1-16(2,3)14-11-9-13(10-12-14)7-5-4-6-8-15(17)18;1-15(2,3)12-6-4-11(5-7-12)10-19-13(20)8-9-18-14(16)17;1-15(2,3)13-7-5-12(6-8-13)11-18-9-4-10-19-14(16)17;1-15(2,3)12-8-6-11(7-9-12)14(19)18-10-4-5-13(16)17;1-15(2,3)13-8-6-12(7-9-13)11-20(18,19)10-4-5-14(16)17/h12-13H,4-11H2,1-3H3,(H3,17,18);13-14H,4-12H2,1-3H3,(H3,17,18);11-12H,4-10H2,1-3H3,(H,19,20)(H4,16,17,18);12-13,18H,4-11H2,1-3H3,(H4,16,17,19);11-12H,4-10H2,1-3H3,(H3,16,17)(H,18,19);12-13H,4-11H2,1-3H3,(H3,16,17). The molecule has 0 bridgehead atoms. The van der Waals surface area contributed by atoms with Crippen LogP contribution in [0.15, 0.2) is 9.98 Å². The van der Waals surface area contributed by atoms with Gasteiger partial charge in [-0.25, -0.2) is 8.42 Å². The van der Waals surface area contributed by atoms with E-state index < -0.39 is 9.84 Å². The van der Waals surface area contributed by atoms with Gasteiger partial charge in [0.15, 0.2) is 21.8 Å². The van der Waals surface area contributed by atoms with Gasteiger partial charge in [-0.05, 0) is 284 Å². The SMILES string of the molecule is CC(C)(C)C1CCC(C(=O)NCCCC(=N)N)CC1.CC(C)(C)C1CCC(CC(=O)CCCC(=N)N)CC1.CC(C)(C)C1CCC(CCCCCC(=N)N)CC1.CC(C)(C)C1CCC(CNC(=O)CCN=C(N)N)CC1.CC(C)(C)C1CCC(CNCCCN=C(N)N)CC1.CC(C)(C)C1CCC(CS(=O)(=O)CCCC(=N)N)CC1. The summed E-state index contributed by atoms with van der Waals surface area (Å²) in [6.07, 6.45) is 42.0. The average molecular weight is 1640 g/mol. The molecule has 0 atom stereocenters. The summed E-state index contributed by atoms with van der Waals surface area (Å²) in [6, 6.07) is 0. The van der Waals surface area contributed by atoms with Crippen LogP contribution in [0.3, 0.4) is 0 Å². The van der Waals surface area contributed by atoms with E-state index >= 15 is 0 Å². The largest absolute Gasteiger partial charge is 0.388 e. The van der Waals surface area contributed by atoms with Gasteiger partial charge in [0.2, 0.25) is 11.8 Å². The van der Waals surface area contributed by atoms with Crippen molar-refractivity contribution in [3.63, 3.8) is 0 Å². The number of amides is 2. The number of Topliss-reactive ketones (excluding diaryl/α,β-unsaturated/α-hetero) is 1. The van der Waals surface area contributed by atoms with Crippen molar-refractivity contribution in [3.05, 3.63) is 0 Å². The van der Waals surface area contributed by atoms with Crippen LogP contribution in [0.25, 0.3) is 0 Å². The Kier molecular flexibility index (Phi) is 51.6. The Morgan fingerprint density at radius 2 is 0.696 bits per heavy atom. The average Bonchev–Trinajstić information content (AvgIpc) is 0.879. The van der Waals surface area contributed by atoms with E-state index in [-0.39, 0.29) is 52.9 Å². The molecule has 115 heavy (non-hydrogen) atoms. The summed E-state index contributed by atoms with van der Waals surface area (Å²) in [5, 5.41) is 38.1. The lowest BCUT2D eigenvalue weighted by Crippen LogP contribution is -2.36. The number of guanidine groups is 2. The van der Waals surface area contributed by atoms with E-state index in [1.807, 2.05) is 0 Å². The van der Waals surface area contributed by atoms with E-state index in [1.54, 1.807) is 0 Å². The number of aliphatic imine (C=N–C) groups is 2. The van der Waals surface area contributed by atoms with Gasteiger partial charge in [-0.2, -0.15) is 0 Å². The zero-order valence-corrected chi connectivity index (χ0v) is 77.9. The Labute approximate surface area is 704 Å².